The number of nitrogens with zero attached hydrogens (tertiary/aromatic N) is 4. The molecule has 0 radical (unpaired) electrons. The predicted molar refractivity (Wildman–Crippen MR) is 146 cm³/mol. The first-order chi connectivity index (χ1) is 18.8. The maximum absolute atomic E-state index is 15.4. The fraction of sp³-hybridized carbons (Fsp3) is 0.633. The Morgan fingerprint density at radius 1 is 1.21 bits per heavy atom. The van der Waals surface area contributed by atoms with E-state index in [0.29, 0.717) is 38.1 Å². The lowest BCUT2D eigenvalue weighted by molar-refractivity contribution is -0.147. The van der Waals surface area contributed by atoms with Gasteiger partial charge >= 0.3 is 5.97 Å². The second-order valence-corrected chi connectivity index (χ2v) is 11.3. The fourth-order valence-corrected chi connectivity index (χ4v) is 6.23. The van der Waals surface area contributed by atoms with E-state index in [0.717, 1.165) is 66.3 Å². The molecule has 1 saturated heterocycles. The minimum atomic E-state index is -2.80. The van der Waals surface area contributed by atoms with Crippen molar-refractivity contribution in [2.75, 3.05) is 45.8 Å². The van der Waals surface area contributed by atoms with Crippen molar-refractivity contribution in [2.24, 2.45) is 5.92 Å². The summed E-state index contributed by atoms with van der Waals surface area (Å²) in [6, 6.07) is 4.98. The average molecular weight is 543 g/mol. The number of pyridine rings is 2. The van der Waals surface area contributed by atoms with E-state index in [-0.39, 0.29) is 13.0 Å². The number of hydrogen-bond acceptors (Lipinski definition) is 7. The van der Waals surface area contributed by atoms with Crippen LogP contribution in [0.2, 0.25) is 0 Å². The van der Waals surface area contributed by atoms with Gasteiger partial charge in [-0.2, -0.15) is 0 Å². The Balaban J connectivity index is 1.19. The number of ether oxygens (including phenoxy) is 2. The Labute approximate surface area is 229 Å². The number of methoxy groups -OCH3 is 2. The molecule has 2 atom stereocenters. The van der Waals surface area contributed by atoms with E-state index in [9.17, 15) is 4.79 Å². The fourth-order valence-electron chi connectivity index (χ4n) is 6.23. The summed E-state index contributed by atoms with van der Waals surface area (Å²) < 4.78 is 41.5. The Bertz CT molecular complexity index is 1170. The number of unbranched alkanes of at least 4 members (excludes halogenated alkanes) is 1. The summed E-state index contributed by atoms with van der Waals surface area (Å²) in [5, 5.41) is 0. The first-order valence-electron chi connectivity index (χ1n) is 14.2. The van der Waals surface area contributed by atoms with Gasteiger partial charge in [-0.3, -0.25) is 9.88 Å². The van der Waals surface area contributed by atoms with Crippen LogP contribution in [-0.4, -0.2) is 67.7 Å². The van der Waals surface area contributed by atoms with Gasteiger partial charge in [-0.15, -0.1) is 0 Å². The third-order valence-electron chi connectivity index (χ3n) is 8.55. The molecule has 7 nitrogen and oxygen atoms in total. The maximum atomic E-state index is 15.4. The SMILES string of the molecule is COC(=O)[C@@H](c1cccnc1C1CC1)N1CCC(C(F)(F)CCCCc2cc(OC)c3c(n2)N(C)CCC3)C1. The highest BCUT2D eigenvalue weighted by molar-refractivity contribution is 5.78. The molecule has 0 spiro atoms. The largest absolute Gasteiger partial charge is 0.496 e. The lowest BCUT2D eigenvalue weighted by atomic mass is 9.94. The molecule has 2 aromatic rings. The Morgan fingerprint density at radius 2 is 2.03 bits per heavy atom. The molecule has 0 bridgehead atoms. The Morgan fingerprint density at radius 3 is 2.77 bits per heavy atom. The second-order valence-electron chi connectivity index (χ2n) is 11.3. The van der Waals surface area contributed by atoms with Crippen molar-refractivity contribution < 1.29 is 23.0 Å². The minimum absolute atomic E-state index is 0.168. The van der Waals surface area contributed by atoms with Gasteiger partial charge in [0.2, 0.25) is 0 Å². The molecule has 0 amide bonds. The first kappa shape index (κ1) is 27.7. The number of carbonyl (C=O) groups excluding carboxylic acids is 1. The molecule has 1 aliphatic carbocycles. The quantitative estimate of drug-likeness (QED) is 0.281. The molecule has 1 unspecified atom stereocenters. The molecule has 2 fully saturated rings. The first-order valence-corrected chi connectivity index (χ1v) is 14.2. The lowest BCUT2D eigenvalue weighted by Crippen LogP contribution is -2.36. The van der Waals surface area contributed by atoms with Crippen LogP contribution in [0.3, 0.4) is 0 Å². The number of hydrogen-bond donors (Lipinski definition) is 0. The number of alkyl halides is 2. The summed E-state index contributed by atoms with van der Waals surface area (Å²) in [5.41, 5.74) is 3.72. The van der Waals surface area contributed by atoms with E-state index in [1.165, 1.54) is 7.11 Å². The molecule has 2 aliphatic heterocycles. The molecule has 39 heavy (non-hydrogen) atoms. The summed E-state index contributed by atoms with van der Waals surface area (Å²) in [4.78, 5) is 26.2. The van der Waals surface area contributed by atoms with Crippen molar-refractivity contribution in [1.29, 1.82) is 0 Å². The Hall–Kier alpha value is -2.81. The smallest absolute Gasteiger partial charge is 0.327 e. The van der Waals surface area contributed by atoms with Crippen molar-refractivity contribution in [1.82, 2.24) is 14.9 Å². The van der Waals surface area contributed by atoms with Crippen LogP contribution in [0, 0.1) is 5.92 Å². The number of anilines is 1. The van der Waals surface area contributed by atoms with E-state index in [2.05, 4.69) is 9.88 Å². The molecule has 2 aromatic heterocycles. The van der Waals surface area contributed by atoms with E-state index in [4.69, 9.17) is 14.5 Å². The standard InChI is InChI=1S/C30H40F2N4O3/c1-35-16-7-10-23-25(38-2)18-22(34-28(23)35)8-4-5-14-30(31,32)21-13-17-36(19-21)27(29(37)39-3)24-9-6-15-33-26(24)20-11-12-20/h6,9,15,18,20-21,27H,4-5,7-8,10-14,16-17,19H2,1-3H3/t21?,27-/m1/s1. The number of carbonyl (C=O) groups is 1. The van der Waals surface area contributed by atoms with Crippen LogP contribution in [0.1, 0.15) is 79.4 Å². The van der Waals surface area contributed by atoms with Gasteiger partial charge in [0.25, 0.3) is 5.92 Å². The second kappa shape index (κ2) is 11.7. The molecule has 212 valence electrons. The summed E-state index contributed by atoms with van der Waals surface area (Å²) >= 11 is 0. The zero-order chi connectivity index (χ0) is 27.6. The van der Waals surface area contributed by atoms with Gasteiger partial charge in [-0.05, 0) is 64.0 Å². The maximum Gasteiger partial charge on any atom is 0.327 e. The molecule has 0 aromatic carbocycles. The topological polar surface area (TPSA) is 67.8 Å². The molecule has 1 saturated carbocycles. The van der Waals surface area contributed by atoms with Gasteiger partial charge in [0.15, 0.2) is 0 Å². The summed E-state index contributed by atoms with van der Waals surface area (Å²) in [5.74, 6) is -1.86. The highest BCUT2D eigenvalue weighted by Crippen LogP contribution is 2.45. The molecular weight excluding hydrogens is 502 g/mol. The highest BCUT2D eigenvalue weighted by Gasteiger charge is 2.46. The number of aryl methyl sites for hydroxylation is 1. The van der Waals surface area contributed by atoms with E-state index in [1.807, 2.05) is 30.1 Å². The van der Waals surface area contributed by atoms with Crippen LogP contribution in [0.25, 0.3) is 0 Å². The normalized spacial score (nSPS) is 20.5. The number of halogens is 2. The third-order valence-corrected chi connectivity index (χ3v) is 8.55. The van der Waals surface area contributed by atoms with Gasteiger partial charge in [0, 0.05) is 73.2 Å². The predicted octanol–water partition coefficient (Wildman–Crippen LogP) is 5.33. The van der Waals surface area contributed by atoms with Crippen LogP contribution in [0.15, 0.2) is 24.4 Å². The molecule has 5 rings (SSSR count). The number of fused-ring (bicyclic) bond motifs is 1. The highest BCUT2D eigenvalue weighted by atomic mass is 19.3. The van der Waals surface area contributed by atoms with Crippen molar-refractivity contribution in [3.8, 4) is 5.75 Å². The molecule has 3 aliphatic rings. The van der Waals surface area contributed by atoms with E-state index in [1.54, 1.807) is 13.3 Å². The van der Waals surface area contributed by atoms with Crippen LogP contribution in [-0.2, 0) is 22.4 Å². The van der Waals surface area contributed by atoms with Gasteiger partial charge in [0.05, 0.1) is 14.2 Å². The van der Waals surface area contributed by atoms with Crippen LogP contribution < -0.4 is 9.64 Å². The summed E-state index contributed by atoms with van der Waals surface area (Å²) in [7, 11) is 5.06. The van der Waals surface area contributed by atoms with Crippen molar-refractivity contribution in [2.45, 2.75) is 75.7 Å². The van der Waals surface area contributed by atoms with Crippen molar-refractivity contribution in [3.05, 3.63) is 46.9 Å². The van der Waals surface area contributed by atoms with Gasteiger partial charge < -0.3 is 14.4 Å². The summed E-state index contributed by atoms with van der Waals surface area (Å²) in [6.45, 7) is 1.56. The van der Waals surface area contributed by atoms with Gasteiger partial charge in [-0.25, -0.2) is 18.6 Å². The zero-order valence-electron chi connectivity index (χ0n) is 23.3. The van der Waals surface area contributed by atoms with Crippen LogP contribution in [0.4, 0.5) is 14.6 Å². The van der Waals surface area contributed by atoms with E-state index >= 15 is 8.78 Å². The number of likely N-dealkylation sites (tertiary alicyclic amines) is 1. The molecular formula is C30H40F2N4O3. The zero-order valence-corrected chi connectivity index (χ0v) is 23.3. The Kier molecular flexibility index (Phi) is 8.35. The average Bonchev–Trinajstić information content (AvgIpc) is 3.67. The van der Waals surface area contributed by atoms with Crippen LogP contribution >= 0.6 is 0 Å². The van der Waals surface area contributed by atoms with E-state index < -0.39 is 23.9 Å². The van der Waals surface area contributed by atoms with Gasteiger partial charge in [0.1, 0.15) is 17.6 Å². The summed E-state index contributed by atoms with van der Waals surface area (Å²) in [6.07, 6.45) is 7.71. The number of aromatic nitrogens is 2. The van der Waals surface area contributed by atoms with Crippen molar-refractivity contribution in [3.63, 3.8) is 0 Å². The lowest BCUT2D eigenvalue weighted by Gasteiger charge is -2.29. The van der Waals surface area contributed by atoms with Crippen molar-refractivity contribution >= 4 is 11.8 Å². The third kappa shape index (κ3) is 6.03. The molecule has 9 heteroatoms. The van der Waals surface area contributed by atoms with Crippen LogP contribution in [0.5, 0.6) is 5.75 Å². The molecule has 0 N–H and O–H groups in total. The number of rotatable bonds is 11. The number of esters is 1. The minimum Gasteiger partial charge on any atom is -0.496 e. The monoisotopic (exact) mass is 542 g/mol. The van der Waals surface area contributed by atoms with Gasteiger partial charge in [-0.1, -0.05) is 6.07 Å². The molecule has 4 heterocycles.